The van der Waals surface area contributed by atoms with Gasteiger partial charge in [0.25, 0.3) is 0 Å². The number of aromatic nitrogens is 4. The number of likely N-dealkylation sites (tertiary alicyclic amines) is 1. The summed E-state index contributed by atoms with van der Waals surface area (Å²) in [6.07, 6.45) is 2.16. The molecule has 0 spiro atoms. The van der Waals surface area contributed by atoms with E-state index in [0.29, 0.717) is 13.1 Å². The van der Waals surface area contributed by atoms with Crippen molar-refractivity contribution in [1.29, 1.82) is 0 Å². The Bertz CT molecular complexity index is 775. The Balaban J connectivity index is 1.74. The molecule has 144 valence electrons. The fraction of sp³-hybridized carbons (Fsp3) is 0.722. The van der Waals surface area contributed by atoms with Crippen molar-refractivity contribution in [2.24, 2.45) is 0 Å². The average molecular weight is 362 g/mol. The Morgan fingerprint density at radius 1 is 1.38 bits per heavy atom. The summed E-state index contributed by atoms with van der Waals surface area (Å²) in [6.45, 7) is 8.73. The van der Waals surface area contributed by atoms with Gasteiger partial charge < -0.3 is 9.42 Å². The summed E-state index contributed by atoms with van der Waals surface area (Å²) in [5.74, 6) is 2.10. The number of hydrogen-bond donors (Lipinski definition) is 0. The molecule has 0 aromatic carbocycles. The minimum atomic E-state index is 0.00679. The Morgan fingerprint density at radius 3 is 2.85 bits per heavy atom. The molecule has 1 atom stereocenters. The van der Waals surface area contributed by atoms with Crippen molar-refractivity contribution in [2.75, 3.05) is 33.7 Å². The van der Waals surface area contributed by atoms with Gasteiger partial charge in [-0.15, -0.1) is 0 Å². The SMILES string of the molecule is CCn1c([C@H]2CCCN(Cc3cc(C)no3)C2)nn(CCN(C)C)c1=O. The molecule has 0 radical (unpaired) electrons. The minimum absolute atomic E-state index is 0.00679. The maximum absolute atomic E-state index is 12.7. The molecule has 0 N–H and O–H groups in total. The number of hydrogen-bond acceptors (Lipinski definition) is 6. The van der Waals surface area contributed by atoms with Crippen molar-refractivity contribution >= 4 is 0 Å². The van der Waals surface area contributed by atoms with Crippen molar-refractivity contribution in [3.8, 4) is 0 Å². The molecule has 0 unspecified atom stereocenters. The quantitative estimate of drug-likeness (QED) is 0.739. The largest absolute Gasteiger partial charge is 0.360 e. The van der Waals surface area contributed by atoms with Crippen LogP contribution in [0.2, 0.25) is 0 Å². The maximum Gasteiger partial charge on any atom is 0.345 e. The predicted octanol–water partition coefficient (Wildman–Crippen LogP) is 1.30. The van der Waals surface area contributed by atoms with E-state index in [1.807, 2.05) is 38.6 Å². The fourth-order valence-electron chi connectivity index (χ4n) is 3.62. The van der Waals surface area contributed by atoms with E-state index in [1.165, 1.54) is 0 Å². The van der Waals surface area contributed by atoms with E-state index in [2.05, 4.69) is 15.0 Å². The van der Waals surface area contributed by atoms with Gasteiger partial charge in [-0.3, -0.25) is 9.47 Å². The minimum Gasteiger partial charge on any atom is -0.360 e. The van der Waals surface area contributed by atoms with Crippen LogP contribution in [0.15, 0.2) is 15.4 Å². The average Bonchev–Trinajstić information content (AvgIpc) is 3.16. The number of likely N-dealkylation sites (N-methyl/N-ethyl adjacent to an activating group) is 1. The highest BCUT2D eigenvalue weighted by molar-refractivity contribution is 5.05. The first-order chi connectivity index (χ1) is 12.5. The van der Waals surface area contributed by atoms with Gasteiger partial charge >= 0.3 is 5.69 Å². The molecule has 3 heterocycles. The molecule has 0 amide bonds. The summed E-state index contributed by atoms with van der Waals surface area (Å²) in [7, 11) is 4.01. The molecule has 0 aliphatic carbocycles. The lowest BCUT2D eigenvalue weighted by atomic mass is 9.97. The third-order valence-electron chi connectivity index (χ3n) is 4.95. The number of piperidine rings is 1. The van der Waals surface area contributed by atoms with Gasteiger partial charge in [-0.2, -0.15) is 5.10 Å². The molecule has 1 aliphatic rings. The molecular formula is C18H30N6O2. The molecule has 26 heavy (non-hydrogen) atoms. The van der Waals surface area contributed by atoms with Gasteiger partial charge in [0.1, 0.15) is 5.82 Å². The van der Waals surface area contributed by atoms with Crippen molar-refractivity contribution in [3.63, 3.8) is 0 Å². The second-order valence-corrected chi connectivity index (χ2v) is 7.42. The van der Waals surface area contributed by atoms with Crippen molar-refractivity contribution in [2.45, 2.75) is 52.2 Å². The lowest BCUT2D eigenvalue weighted by Gasteiger charge is -2.31. The van der Waals surface area contributed by atoms with Gasteiger partial charge in [0.2, 0.25) is 0 Å². The van der Waals surface area contributed by atoms with Crippen LogP contribution in [-0.2, 0) is 19.6 Å². The molecule has 1 fully saturated rings. The first-order valence-electron chi connectivity index (χ1n) is 9.44. The molecule has 2 aromatic heterocycles. The number of rotatable bonds is 7. The van der Waals surface area contributed by atoms with E-state index in [1.54, 1.807) is 4.68 Å². The van der Waals surface area contributed by atoms with Gasteiger partial charge in [0.05, 0.1) is 18.8 Å². The molecule has 3 rings (SSSR count). The zero-order valence-corrected chi connectivity index (χ0v) is 16.3. The number of nitrogens with zero attached hydrogens (tertiary/aromatic N) is 6. The Hall–Kier alpha value is -1.93. The van der Waals surface area contributed by atoms with Crippen LogP contribution in [0.25, 0.3) is 0 Å². The van der Waals surface area contributed by atoms with Crippen LogP contribution in [0.1, 0.15) is 43.0 Å². The first kappa shape index (κ1) is 18.8. The normalized spacial score (nSPS) is 18.7. The Morgan fingerprint density at radius 2 is 2.19 bits per heavy atom. The fourth-order valence-corrected chi connectivity index (χ4v) is 3.62. The molecule has 0 bridgehead atoms. The van der Waals surface area contributed by atoms with Crippen molar-refractivity contribution in [3.05, 3.63) is 33.8 Å². The third-order valence-corrected chi connectivity index (χ3v) is 4.95. The van der Waals surface area contributed by atoms with Gasteiger partial charge in [0.15, 0.2) is 5.76 Å². The lowest BCUT2D eigenvalue weighted by molar-refractivity contribution is 0.175. The topological polar surface area (TPSA) is 72.3 Å². The van der Waals surface area contributed by atoms with E-state index >= 15 is 0 Å². The molecule has 2 aromatic rings. The van der Waals surface area contributed by atoms with E-state index in [4.69, 9.17) is 9.62 Å². The first-order valence-corrected chi connectivity index (χ1v) is 9.44. The zero-order valence-electron chi connectivity index (χ0n) is 16.3. The smallest absolute Gasteiger partial charge is 0.345 e. The summed E-state index contributed by atoms with van der Waals surface area (Å²) in [5, 5.41) is 8.67. The maximum atomic E-state index is 12.7. The highest BCUT2D eigenvalue weighted by Gasteiger charge is 2.27. The van der Waals surface area contributed by atoms with Crippen LogP contribution in [0.3, 0.4) is 0 Å². The van der Waals surface area contributed by atoms with Crippen LogP contribution in [-0.4, -0.2) is 63.0 Å². The standard InChI is InChI=1S/C18H30N6O2/c1-5-23-17(19-24(18(23)25)10-9-21(3)4)15-7-6-8-22(12-15)13-16-11-14(2)20-26-16/h11,15H,5-10,12-13H2,1-4H3/t15-/m0/s1. The lowest BCUT2D eigenvalue weighted by Crippen LogP contribution is -2.35. The highest BCUT2D eigenvalue weighted by Crippen LogP contribution is 2.26. The van der Waals surface area contributed by atoms with Gasteiger partial charge in [0, 0.05) is 31.6 Å². The summed E-state index contributed by atoms with van der Waals surface area (Å²) in [5.41, 5.74) is 0.917. The van der Waals surface area contributed by atoms with Crippen LogP contribution < -0.4 is 5.69 Å². The molecule has 1 saturated heterocycles. The second-order valence-electron chi connectivity index (χ2n) is 7.42. The van der Waals surface area contributed by atoms with E-state index in [-0.39, 0.29) is 11.6 Å². The zero-order chi connectivity index (χ0) is 18.7. The van der Waals surface area contributed by atoms with Crippen LogP contribution in [0.5, 0.6) is 0 Å². The van der Waals surface area contributed by atoms with Gasteiger partial charge in [-0.1, -0.05) is 5.16 Å². The van der Waals surface area contributed by atoms with E-state index < -0.39 is 0 Å². The molecule has 8 nitrogen and oxygen atoms in total. The van der Waals surface area contributed by atoms with Crippen LogP contribution >= 0.6 is 0 Å². The van der Waals surface area contributed by atoms with E-state index in [0.717, 1.165) is 56.3 Å². The Kier molecular flexibility index (Phi) is 5.93. The Labute approximate surface area is 154 Å². The second kappa shape index (κ2) is 8.18. The third kappa shape index (κ3) is 4.24. The monoisotopic (exact) mass is 362 g/mol. The van der Waals surface area contributed by atoms with Crippen molar-refractivity contribution < 1.29 is 4.52 Å². The molecule has 8 heteroatoms. The van der Waals surface area contributed by atoms with E-state index in [9.17, 15) is 4.79 Å². The molecule has 0 saturated carbocycles. The summed E-state index contributed by atoms with van der Waals surface area (Å²) in [6, 6.07) is 1.99. The molecule has 1 aliphatic heterocycles. The van der Waals surface area contributed by atoms with Crippen LogP contribution in [0, 0.1) is 6.92 Å². The van der Waals surface area contributed by atoms with Gasteiger partial charge in [-0.05, 0) is 47.3 Å². The predicted molar refractivity (Wildman–Crippen MR) is 99.2 cm³/mol. The van der Waals surface area contributed by atoms with Crippen molar-refractivity contribution in [1.82, 2.24) is 29.3 Å². The summed E-state index contributed by atoms with van der Waals surface area (Å²) in [4.78, 5) is 17.1. The number of aryl methyl sites for hydroxylation is 1. The molecular weight excluding hydrogens is 332 g/mol. The van der Waals surface area contributed by atoms with Gasteiger partial charge in [-0.25, -0.2) is 9.48 Å². The van der Waals surface area contributed by atoms with Crippen LogP contribution in [0.4, 0.5) is 0 Å². The summed E-state index contributed by atoms with van der Waals surface area (Å²) < 4.78 is 8.82. The summed E-state index contributed by atoms with van der Waals surface area (Å²) >= 11 is 0. The highest BCUT2D eigenvalue weighted by atomic mass is 16.5.